The van der Waals surface area contributed by atoms with Gasteiger partial charge < -0.3 is 16.2 Å². The highest BCUT2D eigenvalue weighted by molar-refractivity contribution is 7.24. The van der Waals surface area contributed by atoms with Gasteiger partial charge >= 0.3 is 0 Å². The third-order valence-corrected chi connectivity index (χ3v) is 5.90. The Kier molecular flexibility index (Phi) is 4.79. The average molecular weight is 416 g/mol. The molecule has 0 fully saturated rings. The molecule has 2 aromatic carbocycles. The fourth-order valence-corrected chi connectivity index (χ4v) is 4.10. The number of hydrogen-bond donors (Lipinski definition) is 3. The Balaban J connectivity index is 2.11. The second kappa shape index (κ2) is 6.72. The van der Waals surface area contributed by atoms with Crippen molar-refractivity contribution in [1.82, 2.24) is 0 Å². The molecule has 0 aliphatic carbocycles. The number of nitrogens with two attached hydrogens (primary N) is 1. The van der Waals surface area contributed by atoms with Gasteiger partial charge in [0.2, 0.25) is 0 Å². The Morgan fingerprint density at radius 3 is 2.48 bits per heavy atom. The molecule has 2 amide bonds. The highest BCUT2D eigenvalue weighted by Crippen LogP contribution is 2.43. The molecule has 25 heavy (non-hydrogen) atoms. The molecule has 9 heteroatoms. The van der Waals surface area contributed by atoms with Crippen LogP contribution >= 0.6 is 46.1 Å². The van der Waals surface area contributed by atoms with Crippen molar-refractivity contribution in [2.45, 2.75) is 0 Å². The van der Waals surface area contributed by atoms with Gasteiger partial charge in [-0.2, -0.15) is 0 Å². The molecule has 0 radical (unpaired) electrons. The number of phenols is 1. The van der Waals surface area contributed by atoms with E-state index in [2.05, 4.69) is 5.32 Å². The number of thiophene rings is 1. The fourth-order valence-electron chi connectivity index (χ4n) is 2.30. The molecule has 1 aromatic heterocycles. The Morgan fingerprint density at radius 2 is 1.80 bits per heavy atom. The minimum atomic E-state index is -0.736. The lowest BCUT2D eigenvalue weighted by Crippen LogP contribution is -2.17. The van der Waals surface area contributed by atoms with Crippen molar-refractivity contribution < 1.29 is 14.7 Å². The Bertz CT molecular complexity index is 1030. The van der Waals surface area contributed by atoms with Crippen LogP contribution in [-0.4, -0.2) is 16.9 Å². The third kappa shape index (κ3) is 3.14. The summed E-state index contributed by atoms with van der Waals surface area (Å²) >= 11 is 19.1. The average Bonchev–Trinajstić information content (AvgIpc) is 2.92. The van der Waals surface area contributed by atoms with Crippen LogP contribution in [0.1, 0.15) is 20.7 Å². The van der Waals surface area contributed by atoms with E-state index in [0.717, 1.165) is 11.3 Å². The van der Waals surface area contributed by atoms with E-state index in [1.54, 1.807) is 12.1 Å². The van der Waals surface area contributed by atoms with Gasteiger partial charge in [-0.3, -0.25) is 9.59 Å². The number of halogens is 3. The minimum absolute atomic E-state index is 0.0753. The van der Waals surface area contributed by atoms with Gasteiger partial charge in [0.15, 0.2) is 0 Å². The number of carbonyl (C=O) groups excluding carboxylic acids is 2. The predicted octanol–water partition coefficient (Wildman–Crippen LogP) is 4.92. The number of carbonyl (C=O) groups is 2. The zero-order valence-corrected chi connectivity index (χ0v) is 15.4. The van der Waals surface area contributed by atoms with Gasteiger partial charge in [0.1, 0.15) is 15.8 Å². The lowest BCUT2D eigenvalue weighted by molar-refractivity contribution is 0.100. The molecule has 1 heterocycles. The van der Waals surface area contributed by atoms with Gasteiger partial charge in [-0.25, -0.2) is 0 Å². The van der Waals surface area contributed by atoms with Crippen LogP contribution in [0.2, 0.25) is 15.1 Å². The summed E-state index contributed by atoms with van der Waals surface area (Å²) in [5.74, 6) is -1.43. The van der Waals surface area contributed by atoms with Crippen LogP contribution in [0.4, 0.5) is 5.00 Å². The molecule has 0 saturated carbocycles. The summed E-state index contributed by atoms with van der Waals surface area (Å²) in [6.45, 7) is 0. The number of anilines is 1. The molecule has 4 N–H and O–H groups in total. The third-order valence-electron chi connectivity index (χ3n) is 3.45. The van der Waals surface area contributed by atoms with Crippen molar-refractivity contribution >= 4 is 73.0 Å². The van der Waals surface area contributed by atoms with Crippen LogP contribution < -0.4 is 11.1 Å². The van der Waals surface area contributed by atoms with Crippen molar-refractivity contribution in [3.05, 3.63) is 56.5 Å². The quantitative estimate of drug-likeness (QED) is 0.567. The number of fused-ring (bicyclic) bond motifs is 1. The maximum Gasteiger partial charge on any atom is 0.257 e. The SMILES string of the molecule is NC(=O)c1c(NC(=O)c2cccc(Cl)c2Cl)sc2c(Cl)c(O)ccc12. The molecule has 0 saturated heterocycles. The number of rotatable bonds is 3. The highest BCUT2D eigenvalue weighted by Gasteiger charge is 2.22. The molecule has 0 unspecified atom stereocenters. The maximum absolute atomic E-state index is 12.5. The molecule has 0 spiro atoms. The van der Waals surface area contributed by atoms with Crippen molar-refractivity contribution in [2.24, 2.45) is 5.73 Å². The Labute approximate surface area is 160 Å². The van der Waals surface area contributed by atoms with E-state index in [1.165, 1.54) is 18.2 Å². The summed E-state index contributed by atoms with van der Waals surface area (Å²) in [5, 5.41) is 13.4. The summed E-state index contributed by atoms with van der Waals surface area (Å²) in [6.07, 6.45) is 0. The summed E-state index contributed by atoms with van der Waals surface area (Å²) in [4.78, 5) is 24.4. The number of amides is 2. The first-order valence-electron chi connectivity index (χ1n) is 6.80. The smallest absolute Gasteiger partial charge is 0.257 e. The monoisotopic (exact) mass is 414 g/mol. The standard InChI is InChI=1S/C16H9Cl3N2O3S/c17-8-3-1-2-7(11(8)18)15(24)21-16-10(14(20)23)6-4-5-9(22)12(19)13(6)25-16/h1-5,22H,(H2,20,23)(H,21,24). The highest BCUT2D eigenvalue weighted by atomic mass is 35.5. The summed E-state index contributed by atoms with van der Waals surface area (Å²) in [5.41, 5.74) is 5.70. The first kappa shape index (κ1) is 17.8. The normalized spacial score (nSPS) is 10.8. The molecule has 3 aromatic rings. The molecule has 0 aliphatic heterocycles. The van der Waals surface area contributed by atoms with E-state index in [-0.39, 0.29) is 36.9 Å². The van der Waals surface area contributed by atoms with Gasteiger partial charge in [0.05, 0.1) is 25.9 Å². The van der Waals surface area contributed by atoms with Crippen LogP contribution in [0.5, 0.6) is 5.75 Å². The number of hydrogen-bond acceptors (Lipinski definition) is 4. The van der Waals surface area contributed by atoms with Gasteiger partial charge in [0.25, 0.3) is 11.8 Å². The molecule has 128 valence electrons. The second-order valence-electron chi connectivity index (χ2n) is 5.00. The number of nitrogens with one attached hydrogen (secondary N) is 1. The summed E-state index contributed by atoms with van der Waals surface area (Å²) in [7, 11) is 0. The minimum Gasteiger partial charge on any atom is -0.506 e. The molecule has 3 rings (SSSR count). The Morgan fingerprint density at radius 1 is 1.08 bits per heavy atom. The zero-order valence-electron chi connectivity index (χ0n) is 12.3. The van der Waals surface area contributed by atoms with E-state index in [0.29, 0.717) is 10.1 Å². The van der Waals surface area contributed by atoms with E-state index >= 15 is 0 Å². The largest absolute Gasteiger partial charge is 0.506 e. The molecule has 0 aliphatic rings. The van der Waals surface area contributed by atoms with Crippen LogP contribution in [0.15, 0.2) is 30.3 Å². The molecule has 0 bridgehead atoms. The molecular weight excluding hydrogens is 407 g/mol. The van der Waals surface area contributed by atoms with E-state index in [4.69, 9.17) is 40.5 Å². The van der Waals surface area contributed by atoms with Crippen LogP contribution in [-0.2, 0) is 0 Å². The Hall–Kier alpha value is -1.99. The summed E-state index contributed by atoms with van der Waals surface area (Å²) in [6, 6.07) is 7.49. The summed E-state index contributed by atoms with van der Waals surface area (Å²) < 4.78 is 0.433. The molecule has 5 nitrogen and oxygen atoms in total. The lowest BCUT2D eigenvalue weighted by Gasteiger charge is -2.07. The number of benzene rings is 2. The van der Waals surface area contributed by atoms with Gasteiger partial charge in [-0.05, 0) is 24.3 Å². The second-order valence-corrected chi connectivity index (χ2v) is 7.19. The van der Waals surface area contributed by atoms with Crippen molar-refractivity contribution in [3.8, 4) is 5.75 Å². The number of phenolic OH excluding ortho intramolecular Hbond substituents is 1. The van der Waals surface area contributed by atoms with Crippen molar-refractivity contribution in [2.75, 3.05) is 5.32 Å². The van der Waals surface area contributed by atoms with Gasteiger partial charge in [-0.1, -0.05) is 40.9 Å². The predicted molar refractivity (Wildman–Crippen MR) is 101 cm³/mol. The number of primary amides is 1. The van der Waals surface area contributed by atoms with Crippen molar-refractivity contribution in [1.29, 1.82) is 0 Å². The zero-order chi connectivity index (χ0) is 18.3. The molecule has 0 atom stereocenters. The van der Waals surface area contributed by atoms with Gasteiger partial charge in [0, 0.05) is 5.39 Å². The first-order chi connectivity index (χ1) is 11.8. The van der Waals surface area contributed by atoms with E-state index in [9.17, 15) is 14.7 Å². The van der Waals surface area contributed by atoms with Crippen molar-refractivity contribution in [3.63, 3.8) is 0 Å². The lowest BCUT2D eigenvalue weighted by atomic mass is 10.1. The van der Waals surface area contributed by atoms with Gasteiger partial charge in [-0.15, -0.1) is 11.3 Å². The van der Waals surface area contributed by atoms with E-state index in [1.807, 2.05) is 0 Å². The fraction of sp³-hybridized carbons (Fsp3) is 0. The maximum atomic E-state index is 12.5. The first-order valence-corrected chi connectivity index (χ1v) is 8.75. The number of aromatic hydroxyl groups is 1. The topological polar surface area (TPSA) is 92.4 Å². The van der Waals surface area contributed by atoms with Crippen LogP contribution in [0.25, 0.3) is 10.1 Å². The van der Waals surface area contributed by atoms with E-state index < -0.39 is 11.8 Å². The molecular formula is C16H9Cl3N2O3S. The van der Waals surface area contributed by atoms with Crippen LogP contribution in [0.3, 0.4) is 0 Å². The van der Waals surface area contributed by atoms with Crippen LogP contribution in [0, 0.1) is 0 Å².